The number of phenolic OH excluding ortho intramolecular Hbond substituents is 1. The molecule has 1 heterocycles. The molecule has 0 saturated carbocycles. The highest BCUT2D eigenvalue weighted by Crippen LogP contribution is 2.31. The minimum Gasteiger partial charge on any atom is -0.506 e. The molecule has 1 aromatic rings. The Morgan fingerprint density at radius 3 is 2.43 bits per heavy atom. The van der Waals surface area contributed by atoms with Gasteiger partial charge in [0, 0.05) is 41.8 Å². The van der Waals surface area contributed by atoms with Crippen LogP contribution < -0.4 is 5.32 Å². The number of hydrogen-bond donors (Lipinski definition) is 2. The van der Waals surface area contributed by atoms with Gasteiger partial charge in [0.15, 0.2) is 0 Å². The van der Waals surface area contributed by atoms with Gasteiger partial charge in [-0.2, -0.15) is 0 Å². The van der Waals surface area contributed by atoms with Crippen molar-refractivity contribution in [3.63, 3.8) is 0 Å². The number of benzene rings is 1. The summed E-state index contributed by atoms with van der Waals surface area (Å²) >= 11 is 11.9. The van der Waals surface area contributed by atoms with Crippen LogP contribution in [0.4, 0.5) is 0 Å². The number of hydrogen-bond acceptors (Lipinski definition) is 3. The largest absolute Gasteiger partial charge is 0.506 e. The van der Waals surface area contributed by atoms with E-state index in [0.29, 0.717) is 22.6 Å². The number of rotatable bonds is 3. The lowest BCUT2D eigenvalue weighted by atomic mass is 9.98. The minimum atomic E-state index is 0.126. The van der Waals surface area contributed by atoms with Gasteiger partial charge in [0.25, 0.3) is 0 Å². The maximum absolute atomic E-state index is 9.96. The molecule has 1 aromatic carbocycles. The molecule has 0 atom stereocenters. The Morgan fingerprint density at radius 1 is 1.24 bits per heavy atom. The van der Waals surface area contributed by atoms with E-state index in [1.165, 1.54) is 0 Å². The highest BCUT2D eigenvalue weighted by atomic mass is 35.5. The number of piperidine rings is 1. The van der Waals surface area contributed by atoms with Crippen LogP contribution in [-0.4, -0.2) is 34.7 Å². The molecule has 3 nitrogen and oxygen atoms in total. The van der Waals surface area contributed by atoms with Crippen molar-refractivity contribution >= 4 is 23.2 Å². The average Bonchev–Trinajstić information content (AvgIpc) is 2.40. The monoisotopic (exact) mass is 330 g/mol. The molecule has 2 N–H and O–H groups in total. The predicted molar refractivity (Wildman–Crippen MR) is 89.3 cm³/mol. The summed E-state index contributed by atoms with van der Waals surface area (Å²) in [5.74, 6) is 0.126. The highest BCUT2D eigenvalue weighted by Gasteiger charge is 2.26. The molecule has 118 valence electrons. The molecule has 0 amide bonds. The van der Waals surface area contributed by atoms with Gasteiger partial charge in [-0.1, -0.05) is 23.2 Å². The Hall–Kier alpha value is -0.480. The van der Waals surface area contributed by atoms with E-state index in [2.05, 4.69) is 31.0 Å². The molecule has 0 aliphatic carbocycles. The van der Waals surface area contributed by atoms with Crippen LogP contribution in [0.2, 0.25) is 10.0 Å². The maximum atomic E-state index is 9.96. The van der Waals surface area contributed by atoms with Gasteiger partial charge in [-0.15, -0.1) is 0 Å². The van der Waals surface area contributed by atoms with Gasteiger partial charge < -0.3 is 10.4 Å². The van der Waals surface area contributed by atoms with Crippen LogP contribution in [0.15, 0.2) is 12.1 Å². The summed E-state index contributed by atoms with van der Waals surface area (Å²) in [4.78, 5) is 2.51. The Bertz CT molecular complexity index is 492. The van der Waals surface area contributed by atoms with Crippen molar-refractivity contribution in [3.8, 4) is 5.75 Å². The summed E-state index contributed by atoms with van der Waals surface area (Å²) in [7, 11) is 0. The number of halogens is 2. The number of likely N-dealkylation sites (tertiary alicyclic amines) is 1. The van der Waals surface area contributed by atoms with Gasteiger partial charge in [-0.3, -0.25) is 4.90 Å². The smallest absolute Gasteiger partial charge is 0.138 e. The zero-order valence-electron chi connectivity index (χ0n) is 12.9. The van der Waals surface area contributed by atoms with Gasteiger partial charge in [0.2, 0.25) is 0 Å². The van der Waals surface area contributed by atoms with E-state index in [9.17, 15) is 5.11 Å². The minimum absolute atomic E-state index is 0.126. The molecule has 2 rings (SSSR count). The zero-order valence-corrected chi connectivity index (χ0v) is 14.4. The van der Waals surface area contributed by atoms with Crippen LogP contribution in [-0.2, 0) is 6.54 Å². The summed E-state index contributed by atoms with van der Waals surface area (Å²) in [6, 6.07) is 3.80. The van der Waals surface area contributed by atoms with Crippen LogP contribution >= 0.6 is 23.2 Å². The van der Waals surface area contributed by atoms with E-state index in [-0.39, 0.29) is 11.3 Å². The molecular weight excluding hydrogens is 307 g/mol. The number of aromatic hydroxyl groups is 1. The standard InChI is InChI=1S/C16H24Cl2N2O/c1-16(2,3)20-6-4-13(5-7-20)19-10-11-8-12(17)9-14(18)15(11)21/h8-9,13,19,21H,4-7,10H2,1-3H3. The van der Waals surface area contributed by atoms with Crippen molar-refractivity contribution in [2.75, 3.05) is 13.1 Å². The Morgan fingerprint density at radius 2 is 1.86 bits per heavy atom. The fraction of sp³-hybridized carbons (Fsp3) is 0.625. The lowest BCUT2D eigenvalue weighted by molar-refractivity contribution is 0.0960. The fourth-order valence-electron chi connectivity index (χ4n) is 2.76. The van der Waals surface area contributed by atoms with Crippen LogP contribution in [0.25, 0.3) is 0 Å². The molecule has 21 heavy (non-hydrogen) atoms. The number of nitrogens with zero attached hydrogens (tertiary/aromatic N) is 1. The first-order chi connectivity index (χ1) is 9.77. The molecule has 1 aliphatic rings. The number of phenols is 1. The Labute approximate surface area is 137 Å². The summed E-state index contributed by atoms with van der Waals surface area (Å²) in [5, 5.41) is 14.3. The molecule has 5 heteroatoms. The highest BCUT2D eigenvalue weighted by molar-refractivity contribution is 6.35. The second-order valence-electron chi connectivity index (χ2n) is 6.71. The zero-order chi connectivity index (χ0) is 15.6. The van der Waals surface area contributed by atoms with E-state index in [4.69, 9.17) is 23.2 Å². The predicted octanol–water partition coefficient (Wildman–Crippen LogP) is 4.05. The molecular formula is C16H24Cl2N2O. The summed E-state index contributed by atoms with van der Waals surface area (Å²) in [5.41, 5.74) is 0.995. The normalized spacial score (nSPS) is 18.1. The van der Waals surface area contributed by atoms with Gasteiger partial charge in [0.1, 0.15) is 5.75 Å². The van der Waals surface area contributed by atoms with Crippen LogP contribution in [0.3, 0.4) is 0 Å². The molecule has 1 saturated heterocycles. The van der Waals surface area contributed by atoms with Crippen molar-refractivity contribution in [2.24, 2.45) is 0 Å². The Balaban J connectivity index is 1.88. The van der Waals surface area contributed by atoms with Crippen LogP contribution in [0.1, 0.15) is 39.2 Å². The first kappa shape index (κ1) is 16.9. The van der Waals surface area contributed by atoms with Gasteiger partial charge in [-0.25, -0.2) is 0 Å². The van der Waals surface area contributed by atoms with E-state index in [1.807, 2.05) is 0 Å². The fourth-order valence-corrected chi connectivity index (χ4v) is 3.30. The molecule has 0 radical (unpaired) electrons. The molecule has 1 fully saturated rings. The van der Waals surface area contributed by atoms with Gasteiger partial charge in [0.05, 0.1) is 5.02 Å². The van der Waals surface area contributed by atoms with Crippen molar-refractivity contribution < 1.29 is 5.11 Å². The first-order valence-electron chi connectivity index (χ1n) is 7.42. The van der Waals surface area contributed by atoms with Crippen molar-refractivity contribution in [2.45, 2.75) is 51.7 Å². The molecule has 0 bridgehead atoms. The molecule has 1 aliphatic heterocycles. The topological polar surface area (TPSA) is 35.5 Å². The van der Waals surface area contributed by atoms with E-state index < -0.39 is 0 Å². The van der Waals surface area contributed by atoms with Crippen molar-refractivity contribution in [1.82, 2.24) is 10.2 Å². The molecule has 0 spiro atoms. The first-order valence-corrected chi connectivity index (χ1v) is 8.18. The molecule has 0 unspecified atom stereocenters. The van der Waals surface area contributed by atoms with Gasteiger partial charge >= 0.3 is 0 Å². The average molecular weight is 331 g/mol. The summed E-state index contributed by atoms with van der Waals surface area (Å²) < 4.78 is 0. The second kappa shape index (κ2) is 6.74. The van der Waals surface area contributed by atoms with Crippen LogP contribution in [0, 0.1) is 0 Å². The molecule has 0 aromatic heterocycles. The second-order valence-corrected chi connectivity index (χ2v) is 7.55. The Kier molecular flexibility index (Phi) is 5.42. The maximum Gasteiger partial charge on any atom is 0.138 e. The van der Waals surface area contributed by atoms with Crippen LogP contribution in [0.5, 0.6) is 5.75 Å². The lowest BCUT2D eigenvalue weighted by Gasteiger charge is -2.41. The third kappa shape index (κ3) is 4.49. The van der Waals surface area contributed by atoms with Crippen molar-refractivity contribution in [1.29, 1.82) is 0 Å². The third-order valence-corrected chi connectivity index (χ3v) is 4.64. The van der Waals surface area contributed by atoms with Crippen molar-refractivity contribution in [3.05, 3.63) is 27.7 Å². The summed E-state index contributed by atoms with van der Waals surface area (Å²) in [6.07, 6.45) is 2.23. The number of nitrogens with one attached hydrogen (secondary N) is 1. The van der Waals surface area contributed by atoms with E-state index in [0.717, 1.165) is 31.5 Å². The summed E-state index contributed by atoms with van der Waals surface area (Å²) in [6.45, 7) is 9.56. The lowest BCUT2D eigenvalue weighted by Crippen LogP contribution is -2.49. The third-order valence-electron chi connectivity index (χ3n) is 4.13. The quantitative estimate of drug-likeness (QED) is 0.877. The SMILES string of the molecule is CC(C)(C)N1CCC(NCc2cc(Cl)cc(Cl)c2O)CC1. The van der Waals surface area contributed by atoms with Gasteiger partial charge in [-0.05, 0) is 45.7 Å². The van der Waals surface area contributed by atoms with E-state index in [1.54, 1.807) is 12.1 Å². The van der Waals surface area contributed by atoms with E-state index >= 15 is 0 Å².